The van der Waals surface area contributed by atoms with Crippen molar-refractivity contribution in [2.45, 2.75) is 67.0 Å². The van der Waals surface area contributed by atoms with Crippen LogP contribution in [0.5, 0.6) is 0 Å². The van der Waals surface area contributed by atoms with Crippen molar-refractivity contribution in [1.29, 1.82) is 0 Å². The van der Waals surface area contributed by atoms with Gasteiger partial charge in [-0.2, -0.15) is 0 Å². The molecule has 0 saturated carbocycles. The Kier molecular flexibility index (Phi) is 6.04. The molecule has 0 spiro atoms. The number of hydrogen-bond donors (Lipinski definition) is 1. The molecular weight excluding hydrogens is 462 g/mol. The number of thioether (sulfide) groups is 1. The standard InChI is InChI=1S/C20H24BrNO6S/c1-11(2)28-16(25)14(23)20(21)17(26)22-13(19(3,4)29-18(20)22)15(24)27-10-12-8-6-5-7-9-12/h5-9,11,13-14,18,23H,10H2,1-4H3/t13-,14?,18+,20?/m0/s1. The SMILES string of the molecule is CC(C)OC(=O)C(O)C1(Br)C(=O)N2[C@@H](C(=O)OCc3ccccc3)C(C)(C)S[C@@H]21. The second-order valence-corrected chi connectivity index (χ2v) is 11.0. The van der Waals surface area contributed by atoms with Crippen LogP contribution < -0.4 is 0 Å². The number of aliphatic hydroxyl groups excluding tert-OH is 1. The maximum atomic E-state index is 13.0. The number of hydrogen-bond acceptors (Lipinski definition) is 7. The van der Waals surface area contributed by atoms with Crippen LogP contribution in [0.4, 0.5) is 0 Å². The highest BCUT2D eigenvalue weighted by Gasteiger charge is 2.74. The van der Waals surface area contributed by atoms with Gasteiger partial charge in [0.1, 0.15) is 18.0 Å². The van der Waals surface area contributed by atoms with Crippen LogP contribution in [0.25, 0.3) is 0 Å². The molecule has 0 aromatic heterocycles. The van der Waals surface area contributed by atoms with E-state index in [-0.39, 0.29) is 6.61 Å². The summed E-state index contributed by atoms with van der Waals surface area (Å²) in [5.41, 5.74) is 0.845. The fourth-order valence-electron chi connectivity index (χ4n) is 3.55. The predicted octanol–water partition coefficient (Wildman–Crippen LogP) is 2.24. The average Bonchev–Trinajstić information content (AvgIpc) is 2.94. The highest BCUT2D eigenvalue weighted by molar-refractivity contribution is 9.10. The summed E-state index contributed by atoms with van der Waals surface area (Å²) in [4.78, 5) is 39.4. The third-order valence-electron chi connectivity index (χ3n) is 4.95. The van der Waals surface area contributed by atoms with E-state index in [0.29, 0.717) is 0 Å². The Hall–Kier alpha value is -1.58. The van der Waals surface area contributed by atoms with Crippen LogP contribution in [0.2, 0.25) is 0 Å². The second kappa shape index (κ2) is 7.92. The van der Waals surface area contributed by atoms with Gasteiger partial charge in [0, 0.05) is 4.75 Å². The van der Waals surface area contributed by atoms with E-state index in [9.17, 15) is 19.5 Å². The van der Waals surface area contributed by atoms with Crippen LogP contribution in [0.1, 0.15) is 33.3 Å². The van der Waals surface area contributed by atoms with Gasteiger partial charge in [0.05, 0.1) is 6.10 Å². The van der Waals surface area contributed by atoms with Crippen molar-refractivity contribution in [3.05, 3.63) is 35.9 Å². The molecule has 2 aliphatic rings. The molecule has 1 amide bonds. The number of ether oxygens (including phenoxy) is 2. The van der Waals surface area contributed by atoms with Crippen LogP contribution >= 0.6 is 27.7 Å². The maximum absolute atomic E-state index is 13.0. The summed E-state index contributed by atoms with van der Waals surface area (Å²) in [7, 11) is 0. The van der Waals surface area contributed by atoms with Gasteiger partial charge >= 0.3 is 11.9 Å². The molecular formula is C20H24BrNO6S. The predicted molar refractivity (Wildman–Crippen MR) is 111 cm³/mol. The van der Waals surface area contributed by atoms with E-state index in [2.05, 4.69) is 15.9 Å². The largest absolute Gasteiger partial charge is 0.461 e. The van der Waals surface area contributed by atoms with Crippen molar-refractivity contribution >= 4 is 45.5 Å². The molecule has 0 bridgehead atoms. The summed E-state index contributed by atoms with van der Waals surface area (Å²) in [5, 5.41) is 9.91. The van der Waals surface area contributed by atoms with E-state index >= 15 is 0 Å². The van der Waals surface area contributed by atoms with Crippen LogP contribution in [-0.4, -0.2) is 60.5 Å². The number of carbonyl (C=O) groups excluding carboxylic acids is 3. The monoisotopic (exact) mass is 485 g/mol. The average molecular weight is 486 g/mol. The molecule has 2 unspecified atom stereocenters. The molecule has 7 nitrogen and oxygen atoms in total. The van der Waals surface area contributed by atoms with Gasteiger partial charge in [-0.15, -0.1) is 11.8 Å². The number of rotatable bonds is 6. The number of amides is 1. The van der Waals surface area contributed by atoms with Gasteiger partial charge < -0.3 is 19.5 Å². The number of aliphatic hydroxyl groups is 1. The number of halogens is 1. The Morgan fingerprint density at radius 2 is 1.90 bits per heavy atom. The number of nitrogens with zero attached hydrogens (tertiary/aromatic N) is 1. The van der Waals surface area contributed by atoms with Gasteiger partial charge in [-0.05, 0) is 33.3 Å². The first-order chi connectivity index (χ1) is 13.5. The first kappa shape index (κ1) is 22.1. The van der Waals surface area contributed by atoms with E-state index in [0.717, 1.165) is 5.56 Å². The first-order valence-electron chi connectivity index (χ1n) is 9.28. The highest BCUT2D eigenvalue weighted by atomic mass is 79.9. The minimum absolute atomic E-state index is 0.104. The lowest BCUT2D eigenvalue weighted by Crippen LogP contribution is -2.75. The summed E-state index contributed by atoms with van der Waals surface area (Å²) in [6.45, 7) is 7.10. The minimum Gasteiger partial charge on any atom is -0.461 e. The summed E-state index contributed by atoms with van der Waals surface area (Å²) in [5.74, 6) is -1.93. The van der Waals surface area contributed by atoms with Gasteiger partial charge in [-0.25, -0.2) is 9.59 Å². The summed E-state index contributed by atoms with van der Waals surface area (Å²) >= 11 is 4.63. The Bertz CT molecular complexity index is 816. The fourth-order valence-corrected chi connectivity index (χ4v) is 6.09. The van der Waals surface area contributed by atoms with E-state index in [1.54, 1.807) is 13.8 Å². The Labute approximate surface area is 182 Å². The van der Waals surface area contributed by atoms with Crippen LogP contribution in [0, 0.1) is 0 Å². The van der Waals surface area contributed by atoms with Crippen molar-refractivity contribution in [3.63, 3.8) is 0 Å². The van der Waals surface area contributed by atoms with E-state index in [4.69, 9.17) is 9.47 Å². The minimum atomic E-state index is -1.68. The lowest BCUT2D eigenvalue weighted by molar-refractivity contribution is -0.176. The molecule has 9 heteroatoms. The lowest BCUT2D eigenvalue weighted by atomic mass is 9.87. The van der Waals surface area contributed by atoms with Gasteiger partial charge in [-0.3, -0.25) is 4.79 Å². The van der Waals surface area contributed by atoms with Crippen molar-refractivity contribution < 1.29 is 29.0 Å². The van der Waals surface area contributed by atoms with Gasteiger partial charge in [0.25, 0.3) is 0 Å². The third kappa shape index (κ3) is 3.80. The second-order valence-electron chi connectivity index (χ2n) is 7.94. The zero-order valence-corrected chi connectivity index (χ0v) is 19.0. The topological polar surface area (TPSA) is 93.1 Å². The van der Waals surface area contributed by atoms with Crippen molar-refractivity contribution in [2.24, 2.45) is 0 Å². The number of β-lactam (4-membered cyclic amide) rings is 1. The van der Waals surface area contributed by atoms with Crippen molar-refractivity contribution in [1.82, 2.24) is 4.90 Å². The zero-order chi connectivity index (χ0) is 21.6. The number of fused-ring (bicyclic) bond motifs is 1. The molecule has 1 aromatic rings. The summed E-state index contributed by atoms with van der Waals surface area (Å²) < 4.78 is 8.32. The smallest absolute Gasteiger partial charge is 0.337 e. The van der Waals surface area contributed by atoms with Gasteiger partial charge in [0.2, 0.25) is 5.91 Å². The van der Waals surface area contributed by atoms with Gasteiger partial charge in [-0.1, -0.05) is 46.3 Å². The zero-order valence-electron chi connectivity index (χ0n) is 16.6. The molecule has 1 aromatic carbocycles. The molecule has 158 valence electrons. The Balaban J connectivity index is 1.75. The van der Waals surface area contributed by atoms with Crippen LogP contribution in [0.3, 0.4) is 0 Å². The molecule has 0 aliphatic carbocycles. The molecule has 0 radical (unpaired) electrons. The number of carbonyl (C=O) groups is 3. The fraction of sp³-hybridized carbons (Fsp3) is 0.550. The number of alkyl halides is 1. The highest BCUT2D eigenvalue weighted by Crippen LogP contribution is 2.59. The van der Waals surface area contributed by atoms with Crippen LogP contribution in [0.15, 0.2) is 30.3 Å². The molecule has 1 N–H and O–H groups in total. The quantitative estimate of drug-likeness (QED) is 0.375. The number of esters is 2. The summed E-state index contributed by atoms with van der Waals surface area (Å²) in [6, 6.07) is 8.44. The van der Waals surface area contributed by atoms with Crippen LogP contribution in [-0.2, 0) is 30.5 Å². The Morgan fingerprint density at radius 1 is 1.28 bits per heavy atom. The maximum Gasteiger partial charge on any atom is 0.337 e. The van der Waals surface area contributed by atoms with Gasteiger partial charge in [0.15, 0.2) is 10.4 Å². The lowest BCUT2D eigenvalue weighted by Gasteiger charge is -2.51. The summed E-state index contributed by atoms with van der Waals surface area (Å²) in [6.07, 6.45) is -2.10. The normalized spacial score (nSPS) is 28.5. The van der Waals surface area contributed by atoms with Crippen molar-refractivity contribution in [3.8, 4) is 0 Å². The Morgan fingerprint density at radius 3 is 2.48 bits per heavy atom. The number of benzene rings is 1. The van der Waals surface area contributed by atoms with E-state index in [1.807, 2.05) is 44.2 Å². The van der Waals surface area contributed by atoms with E-state index in [1.165, 1.54) is 16.7 Å². The molecule has 2 aliphatic heterocycles. The third-order valence-corrected chi connectivity index (χ3v) is 8.11. The molecule has 2 heterocycles. The van der Waals surface area contributed by atoms with E-state index < -0.39 is 50.5 Å². The molecule has 2 fully saturated rings. The molecule has 3 rings (SSSR count). The molecule has 29 heavy (non-hydrogen) atoms. The first-order valence-corrected chi connectivity index (χ1v) is 11.0. The molecule has 2 saturated heterocycles. The molecule has 4 atom stereocenters. The van der Waals surface area contributed by atoms with Crippen molar-refractivity contribution in [2.75, 3.05) is 0 Å².